The van der Waals surface area contributed by atoms with E-state index < -0.39 is 0 Å². The summed E-state index contributed by atoms with van der Waals surface area (Å²) in [5.41, 5.74) is 3.76. The second-order valence-electron chi connectivity index (χ2n) is 7.08. The van der Waals surface area contributed by atoms with Gasteiger partial charge in [-0.25, -0.2) is 4.98 Å². The molecule has 6 heteroatoms. The number of ether oxygens (including phenoxy) is 2. The third-order valence-corrected chi connectivity index (χ3v) is 5.01. The van der Waals surface area contributed by atoms with Crippen molar-refractivity contribution in [1.29, 1.82) is 0 Å². The van der Waals surface area contributed by atoms with E-state index in [1.807, 2.05) is 37.3 Å². The number of nitrogens with one attached hydrogen (secondary N) is 1. The molecule has 1 N–H and O–H groups in total. The summed E-state index contributed by atoms with van der Waals surface area (Å²) < 4.78 is 10.9. The van der Waals surface area contributed by atoms with Gasteiger partial charge in [0, 0.05) is 24.8 Å². The number of fused-ring (bicyclic) bond motifs is 1. The Labute approximate surface area is 171 Å². The van der Waals surface area contributed by atoms with E-state index in [1.54, 1.807) is 7.11 Å². The number of benzene rings is 2. The van der Waals surface area contributed by atoms with Crippen molar-refractivity contribution in [3.63, 3.8) is 0 Å². The van der Waals surface area contributed by atoms with E-state index >= 15 is 0 Å². The zero-order valence-corrected chi connectivity index (χ0v) is 16.9. The summed E-state index contributed by atoms with van der Waals surface area (Å²) in [5, 5.41) is 3.28. The van der Waals surface area contributed by atoms with Gasteiger partial charge in [0.05, 0.1) is 13.7 Å². The highest BCUT2D eigenvalue weighted by atomic mass is 16.5. The van der Waals surface area contributed by atoms with Gasteiger partial charge in [0.25, 0.3) is 0 Å². The molecule has 0 spiro atoms. The van der Waals surface area contributed by atoms with Gasteiger partial charge in [-0.15, -0.1) is 0 Å². The standard InChI is InChI=1S/C23H26N4O2/c1-17-15-22(27-13-11-18-5-3-4-6-19(18)16-27)26-23(25-17)24-12-14-29-21-9-7-20(28-2)8-10-21/h3-10,15H,11-14,16H2,1-2H3,(H,24,25,26). The highest BCUT2D eigenvalue weighted by Gasteiger charge is 2.18. The number of anilines is 2. The molecule has 0 aliphatic carbocycles. The molecule has 0 fully saturated rings. The summed E-state index contributed by atoms with van der Waals surface area (Å²) in [7, 11) is 1.65. The van der Waals surface area contributed by atoms with E-state index in [9.17, 15) is 0 Å². The molecule has 6 nitrogen and oxygen atoms in total. The Kier molecular flexibility index (Phi) is 5.79. The lowest BCUT2D eigenvalue weighted by molar-refractivity contribution is 0.331. The molecule has 1 aliphatic heterocycles. The maximum Gasteiger partial charge on any atom is 0.224 e. The Hall–Kier alpha value is -3.28. The Morgan fingerprint density at radius 2 is 1.76 bits per heavy atom. The predicted octanol–water partition coefficient (Wildman–Crippen LogP) is 3.85. The van der Waals surface area contributed by atoms with E-state index in [0.717, 1.165) is 42.5 Å². The van der Waals surface area contributed by atoms with Gasteiger partial charge in [-0.2, -0.15) is 4.98 Å². The molecule has 150 valence electrons. The summed E-state index contributed by atoms with van der Waals surface area (Å²) in [4.78, 5) is 11.6. The lowest BCUT2D eigenvalue weighted by Crippen LogP contribution is -2.31. The number of aryl methyl sites for hydroxylation is 1. The minimum Gasteiger partial charge on any atom is -0.497 e. The van der Waals surface area contributed by atoms with Crippen LogP contribution < -0.4 is 19.7 Å². The van der Waals surface area contributed by atoms with Gasteiger partial charge in [-0.05, 0) is 48.7 Å². The zero-order valence-electron chi connectivity index (χ0n) is 16.9. The molecule has 4 rings (SSSR count). The van der Waals surface area contributed by atoms with Crippen LogP contribution in [0.25, 0.3) is 0 Å². The van der Waals surface area contributed by atoms with Crippen LogP contribution in [-0.4, -0.2) is 36.8 Å². The van der Waals surface area contributed by atoms with Crippen LogP contribution in [0.3, 0.4) is 0 Å². The summed E-state index contributed by atoms with van der Waals surface area (Å²) in [5.74, 6) is 3.23. The number of hydrogen-bond donors (Lipinski definition) is 1. The summed E-state index contributed by atoms with van der Waals surface area (Å²) >= 11 is 0. The Morgan fingerprint density at radius 1 is 1.00 bits per heavy atom. The van der Waals surface area contributed by atoms with Gasteiger partial charge in [-0.1, -0.05) is 24.3 Å². The molecule has 0 saturated heterocycles. The van der Waals surface area contributed by atoms with Crippen molar-refractivity contribution in [1.82, 2.24) is 9.97 Å². The Balaban J connectivity index is 1.35. The SMILES string of the molecule is COc1ccc(OCCNc2nc(C)cc(N3CCc4ccccc4C3)n2)cc1. The first-order chi connectivity index (χ1) is 14.2. The summed E-state index contributed by atoms with van der Waals surface area (Å²) in [6, 6.07) is 18.2. The second-order valence-corrected chi connectivity index (χ2v) is 7.08. The van der Waals surface area contributed by atoms with Crippen molar-refractivity contribution >= 4 is 11.8 Å². The van der Waals surface area contributed by atoms with Crippen molar-refractivity contribution in [2.45, 2.75) is 19.9 Å². The van der Waals surface area contributed by atoms with E-state index in [4.69, 9.17) is 14.5 Å². The average Bonchev–Trinajstić information content (AvgIpc) is 2.76. The highest BCUT2D eigenvalue weighted by Crippen LogP contribution is 2.24. The largest absolute Gasteiger partial charge is 0.497 e. The van der Waals surface area contributed by atoms with Crippen molar-refractivity contribution < 1.29 is 9.47 Å². The first kappa shape index (κ1) is 19.1. The number of hydrogen-bond acceptors (Lipinski definition) is 6. The van der Waals surface area contributed by atoms with Gasteiger partial charge in [0.1, 0.15) is 23.9 Å². The van der Waals surface area contributed by atoms with Crippen LogP contribution in [0.15, 0.2) is 54.6 Å². The average molecular weight is 390 g/mol. The number of nitrogens with zero attached hydrogens (tertiary/aromatic N) is 3. The first-order valence-corrected chi connectivity index (χ1v) is 9.89. The molecule has 0 radical (unpaired) electrons. The van der Waals surface area contributed by atoms with E-state index in [-0.39, 0.29) is 0 Å². The fraction of sp³-hybridized carbons (Fsp3) is 0.304. The van der Waals surface area contributed by atoms with Gasteiger partial charge in [0.15, 0.2) is 0 Å². The third-order valence-electron chi connectivity index (χ3n) is 5.01. The first-order valence-electron chi connectivity index (χ1n) is 9.89. The highest BCUT2D eigenvalue weighted by molar-refractivity contribution is 5.48. The molecule has 0 saturated carbocycles. The van der Waals surface area contributed by atoms with Crippen LogP contribution in [-0.2, 0) is 13.0 Å². The van der Waals surface area contributed by atoms with Crippen molar-refractivity contribution in [2.24, 2.45) is 0 Å². The number of rotatable bonds is 7. The summed E-state index contributed by atoms with van der Waals surface area (Å²) in [6.07, 6.45) is 1.04. The molecule has 0 amide bonds. The van der Waals surface area contributed by atoms with Crippen LogP contribution in [0, 0.1) is 6.92 Å². The Bertz CT molecular complexity index is 959. The van der Waals surface area contributed by atoms with E-state index in [2.05, 4.69) is 39.5 Å². The minimum atomic E-state index is 0.524. The molecule has 29 heavy (non-hydrogen) atoms. The maximum absolute atomic E-state index is 5.76. The molecule has 0 bridgehead atoms. The fourth-order valence-electron chi connectivity index (χ4n) is 3.49. The van der Waals surface area contributed by atoms with Gasteiger partial charge >= 0.3 is 0 Å². The van der Waals surface area contributed by atoms with Crippen LogP contribution in [0.1, 0.15) is 16.8 Å². The molecular weight excluding hydrogens is 364 g/mol. The fourth-order valence-corrected chi connectivity index (χ4v) is 3.49. The molecular formula is C23H26N4O2. The van der Waals surface area contributed by atoms with E-state index in [1.165, 1.54) is 11.1 Å². The van der Waals surface area contributed by atoms with Gasteiger partial charge in [0.2, 0.25) is 5.95 Å². The maximum atomic E-state index is 5.76. The summed E-state index contributed by atoms with van der Waals surface area (Å²) in [6.45, 7) is 5.00. The molecule has 0 unspecified atom stereocenters. The van der Waals surface area contributed by atoms with Crippen molar-refractivity contribution in [3.05, 3.63) is 71.4 Å². The third kappa shape index (κ3) is 4.77. The molecule has 3 aromatic rings. The molecule has 1 aliphatic rings. The van der Waals surface area contributed by atoms with Gasteiger partial charge < -0.3 is 19.7 Å². The normalized spacial score (nSPS) is 13.0. The monoisotopic (exact) mass is 390 g/mol. The number of methoxy groups -OCH3 is 1. The van der Waals surface area contributed by atoms with Crippen molar-refractivity contribution in [2.75, 3.05) is 37.0 Å². The zero-order chi connectivity index (χ0) is 20.1. The lowest BCUT2D eigenvalue weighted by atomic mass is 10.00. The molecule has 1 aromatic heterocycles. The van der Waals surface area contributed by atoms with Crippen LogP contribution in [0.4, 0.5) is 11.8 Å². The van der Waals surface area contributed by atoms with Crippen molar-refractivity contribution in [3.8, 4) is 11.5 Å². The molecule has 2 heterocycles. The van der Waals surface area contributed by atoms with Gasteiger partial charge in [-0.3, -0.25) is 0 Å². The van der Waals surface area contributed by atoms with E-state index in [0.29, 0.717) is 19.1 Å². The lowest BCUT2D eigenvalue weighted by Gasteiger charge is -2.30. The molecule has 0 atom stereocenters. The topological polar surface area (TPSA) is 59.5 Å². The smallest absolute Gasteiger partial charge is 0.224 e. The second kappa shape index (κ2) is 8.82. The Morgan fingerprint density at radius 3 is 2.55 bits per heavy atom. The van der Waals surface area contributed by atoms with Crippen LogP contribution in [0.5, 0.6) is 11.5 Å². The molecule has 2 aromatic carbocycles. The minimum absolute atomic E-state index is 0.524. The quantitative estimate of drug-likeness (QED) is 0.619. The number of aromatic nitrogens is 2. The van der Waals surface area contributed by atoms with Crippen LogP contribution >= 0.6 is 0 Å². The predicted molar refractivity (Wildman–Crippen MR) is 115 cm³/mol. The van der Waals surface area contributed by atoms with Crippen LogP contribution in [0.2, 0.25) is 0 Å².